The molecule has 0 saturated carbocycles. The Morgan fingerprint density at radius 3 is 1.27 bits per heavy atom. The SMILES string of the molecule is Cc1ccc(-c2cccc3c2C=C(c2ccc(C)o2)[CH]3[Zr][CH]2C(c3ccc(C)o3)=Cc3c(-c4ccc(C)cc4)cccc32)cc1. The van der Waals surface area contributed by atoms with Crippen LogP contribution >= 0.6 is 0 Å². The number of aryl methyl sites for hydroxylation is 4. The van der Waals surface area contributed by atoms with Crippen molar-refractivity contribution in [2.75, 3.05) is 0 Å². The molecule has 0 bridgehead atoms. The van der Waals surface area contributed by atoms with E-state index in [1.54, 1.807) is 0 Å². The number of hydrogen-bond acceptors (Lipinski definition) is 2. The fraction of sp³-hybridized carbons (Fsp3) is 0.143. The van der Waals surface area contributed by atoms with E-state index in [0.717, 1.165) is 23.0 Å². The van der Waals surface area contributed by atoms with Crippen LogP contribution in [0.25, 0.3) is 45.6 Å². The van der Waals surface area contributed by atoms with Crippen molar-refractivity contribution >= 4 is 23.3 Å². The monoisotopic (exact) mass is 660 g/mol. The van der Waals surface area contributed by atoms with Gasteiger partial charge >= 0.3 is 278 Å². The minimum atomic E-state index is -1.28. The molecule has 3 heteroatoms. The molecule has 0 N–H and O–H groups in total. The second-order valence-corrected chi connectivity index (χ2v) is 16.1. The second kappa shape index (κ2) is 11.3. The third-order valence-electron chi connectivity index (χ3n) is 9.23. The molecule has 4 aromatic carbocycles. The van der Waals surface area contributed by atoms with Crippen molar-refractivity contribution in [3.05, 3.63) is 166 Å². The van der Waals surface area contributed by atoms with Crippen LogP contribution in [0.5, 0.6) is 0 Å². The van der Waals surface area contributed by atoms with Crippen molar-refractivity contribution in [3.63, 3.8) is 0 Å². The fourth-order valence-electron chi connectivity index (χ4n) is 6.91. The quantitative estimate of drug-likeness (QED) is 0.178. The molecule has 2 nitrogen and oxygen atoms in total. The van der Waals surface area contributed by atoms with Crippen LogP contribution in [0.3, 0.4) is 0 Å². The standard InChI is InChI=1S/2C21H17O.Zr/c2*1-14-6-9-16(10-7-14)19-5-3-4-17-12-18(13-20(17)19)21-11-8-15(2)22-21;/h2*3-13H,1-2H3;. The number of benzene rings is 4. The third-order valence-corrected chi connectivity index (χ3v) is 13.9. The van der Waals surface area contributed by atoms with Gasteiger partial charge < -0.3 is 0 Å². The molecule has 2 aliphatic rings. The predicted molar refractivity (Wildman–Crippen MR) is 181 cm³/mol. The topological polar surface area (TPSA) is 26.3 Å². The van der Waals surface area contributed by atoms with E-state index in [9.17, 15) is 0 Å². The molecule has 8 rings (SSSR count). The Bertz CT molecular complexity index is 1970. The predicted octanol–water partition coefficient (Wildman–Crippen LogP) is 11.4. The molecule has 6 aromatic rings. The number of hydrogen-bond donors (Lipinski definition) is 0. The van der Waals surface area contributed by atoms with Gasteiger partial charge in [-0.05, 0) is 0 Å². The number of allylic oxidation sites excluding steroid dienone is 2. The molecule has 0 radical (unpaired) electrons. The molecular formula is C42H34O2Zr. The van der Waals surface area contributed by atoms with Crippen LogP contribution in [-0.2, 0) is 23.2 Å². The van der Waals surface area contributed by atoms with Gasteiger partial charge in [0.25, 0.3) is 0 Å². The van der Waals surface area contributed by atoms with Crippen molar-refractivity contribution in [1.29, 1.82) is 0 Å². The second-order valence-electron chi connectivity index (χ2n) is 12.4. The molecule has 0 fully saturated rings. The average molecular weight is 662 g/mol. The van der Waals surface area contributed by atoms with E-state index >= 15 is 0 Å². The zero-order valence-electron chi connectivity index (χ0n) is 26.0. The Labute approximate surface area is 276 Å². The van der Waals surface area contributed by atoms with E-state index in [1.165, 1.54) is 66.8 Å². The van der Waals surface area contributed by atoms with Crippen LogP contribution in [0.15, 0.2) is 118 Å². The molecule has 0 spiro atoms. The summed E-state index contributed by atoms with van der Waals surface area (Å²) in [7, 11) is 0. The van der Waals surface area contributed by atoms with Gasteiger partial charge in [-0.15, -0.1) is 0 Å². The summed E-state index contributed by atoms with van der Waals surface area (Å²) in [5.74, 6) is 3.89. The van der Waals surface area contributed by atoms with Gasteiger partial charge in [0, 0.05) is 0 Å². The van der Waals surface area contributed by atoms with Gasteiger partial charge in [-0.1, -0.05) is 0 Å². The summed E-state index contributed by atoms with van der Waals surface area (Å²) in [6, 6.07) is 40.1. The van der Waals surface area contributed by atoms with Crippen molar-refractivity contribution < 1.29 is 32.1 Å². The average Bonchev–Trinajstić information content (AvgIpc) is 3.84. The van der Waals surface area contributed by atoms with Gasteiger partial charge in [0.1, 0.15) is 0 Å². The Balaban J connectivity index is 1.28. The summed E-state index contributed by atoms with van der Waals surface area (Å²) in [4.78, 5) is 0. The molecule has 0 saturated heterocycles. The van der Waals surface area contributed by atoms with Crippen molar-refractivity contribution in [1.82, 2.24) is 0 Å². The Kier molecular flexibility index (Phi) is 7.11. The molecule has 0 aliphatic heterocycles. The first-order valence-electron chi connectivity index (χ1n) is 15.7. The molecular weight excluding hydrogens is 628 g/mol. The summed E-state index contributed by atoms with van der Waals surface area (Å²) in [6.45, 7) is 8.38. The third kappa shape index (κ3) is 5.08. The molecule has 218 valence electrons. The number of furan rings is 2. The Hall–Kier alpha value is -4.20. The van der Waals surface area contributed by atoms with Crippen molar-refractivity contribution in [2.45, 2.75) is 34.9 Å². The van der Waals surface area contributed by atoms with E-state index in [2.05, 4.69) is 135 Å². The summed E-state index contributed by atoms with van der Waals surface area (Å²) < 4.78 is 13.4. The summed E-state index contributed by atoms with van der Waals surface area (Å²) in [5.41, 5.74) is 15.8. The molecule has 2 aliphatic carbocycles. The van der Waals surface area contributed by atoms with Crippen molar-refractivity contribution in [2.24, 2.45) is 0 Å². The first kappa shape index (κ1) is 28.3. The number of fused-ring (bicyclic) bond motifs is 2. The minimum absolute atomic E-state index is 0.331. The van der Waals surface area contributed by atoms with E-state index in [-0.39, 0.29) is 0 Å². The normalized spacial score (nSPS) is 16.7. The molecule has 2 atom stereocenters. The van der Waals surface area contributed by atoms with E-state index < -0.39 is 23.2 Å². The maximum atomic E-state index is 6.35. The Morgan fingerprint density at radius 2 is 0.889 bits per heavy atom. The van der Waals surface area contributed by atoms with Crippen LogP contribution in [0.2, 0.25) is 0 Å². The van der Waals surface area contributed by atoms with Crippen LogP contribution in [0.4, 0.5) is 0 Å². The van der Waals surface area contributed by atoms with Gasteiger partial charge in [0.05, 0.1) is 0 Å². The zero-order chi connectivity index (χ0) is 30.7. The van der Waals surface area contributed by atoms with Crippen molar-refractivity contribution in [3.8, 4) is 22.3 Å². The van der Waals surface area contributed by atoms with Crippen LogP contribution in [0.1, 0.15) is 63.7 Å². The maximum absolute atomic E-state index is 6.35. The first-order chi connectivity index (χ1) is 21.9. The summed E-state index contributed by atoms with van der Waals surface area (Å²) >= 11 is -1.28. The van der Waals surface area contributed by atoms with E-state index in [1.807, 2.05) is 13.8 Å². The molecule has 0 amide bonds. The fourth-order valence-corrected chi connectivity index (χ4v) is 11.8. The van der Waals surface area contributed by atoms with Gasteiger partial charge in [-0.25, -0.2) is 0 Å². The van der Waals surface area contributed by atoms with Gasteiger partial charge in [-0.3, -0.25) is 0 Å². The molecule has 2 aromatic heterocycles. The Morgan fingerprint density at radius 1 is 0.467 bits per heavy atom. The zero-order valence-corrected chi connectivity index (χ0v) is 28.5. The molecule has 2 unspecified atom stereocenters. The van der Waals surface area contributed by atoms with E-state index in [4.69, 9.17) is 8.83 Å². The van der Waals surface area contributed by atoms with Gasteiger partial charge in [-0.2, -0.15) is 0 Å². The summed E-state index contributed by atoms with van der Waals surface area (Å²) in [5, 5.41) is 0. The molecule has 45 heavy (non-hydrogen) atoms. The van der Waals surface area contributed by atoms with Crippen LogP contribution in [0, 0.1) is 27.7 Å². The summed E-state index contributed by atoms with van der Waals surface area (Å²) in [6.07, 6.45) is 4.85. The van der Waals surface area contributed by atoms with Gasteiger partial charge in [0.2, 0.25) is 0 Å². The number of rotatable bonds is 6. The first-order valence-corrected chi connectivity index (χ1v) is 18.5. The molecule has 2 heterocycles. The van der Waals surface area contributed by atoms with Gasteiger partial charge in [0.15, 0.2) is 0 Å². The van der Waals surface area contributed by atoms with Crippen LogP contribution in [-0.4, -0.2) is 0 Å². The van der Waals surface area contributed by atoms with Crippen LogP contribution < -0.4 is 0 Å². The van der Waals surface area contributed by atoms with E-state index in [0.29, 0.717) is 7.25 Å².